The van der Waals surface area contributed by atoms with Crippen molar-refractivity contribution in [1.29, 1.82) is 0 Å². The summed E-state index contributed by atoms with van der Waals surface area (Å²) in [5.74, 6) is 6.76. The third-order valence-corrected chi connectivity index (χ3v) is 2.07. The quantitative estimate of drug-likeness (QED) is 0.516. The molecule has 0 spiro atoms. The van der Waals surface area contributed by atoms with Crippen molar-refractivity contribution in [3.63, 3.8) is 0 Å². The molecule has 3 N–H and O–H groups in total. The molecule has 1 aromatic heterocycles. The highest BCUT2D eigenvalue weighted by atomic mass is 15.3. The van der Waals surface area contributed by atoms with Crippen LogP contribution in [0.2, 0.25) is 0 Å². The Kier molecular flexibility index (Phi) is 4.26. The number of nitrogens with two attached hydrogens (primary N) is 1. The number of anilines is 2. The van der Waals surface area contributed by atoms with Crippen molar-refractivity contribution in [2.45, 2.75) is 0 Å². The summed E-state index contributed by atoms with van der Waals surface area (Å²) >= 11 is 0. The number of nitrogen functional groups attached to an aromatic ring is 1. The third kappa shape index (κ3) is 3.69. The minimum absolute atomic E-state index is 0.622. The van der Waals surface area contributed by atoms with Crippen molar-refractivity contribution < 1.29 is 0 Å². The first-order chi connectivity index (χ1) is 7.13. The average Bonchev–Trinajstić information content (AvgIpc) is 2.26. The van der Waals surface area contributed by atoms with E-state index in [2.05, 4.69) is 25.2 Å². The second-order valence-electron chi connectivity index (χ2n) is 3.63. The fourth-order valence-corrected chi connectivity index (χ4v) is 1.10. The number of likely N-dealkylation sites (N-methyl/N-ethyl adjacent to an activating group) is 2. The Balaban J connectivity index is 2.60. The minimum Gasteiger partial charge on any atom is -0.358 e. The number of hydrazine groups is 1. The first kappa shape index (κ1) is 11.7. The van der Waals surface area contributed by atoms with Gasteiger partial charge in [0.2, 0.25) is 0 Å². The Bertz CT molecular complexity index is 300. The van der Waals surface area contributed by atoms with E-state index in [1.54, 1.807) is 0 Å². The topological polar surface area (TPSA) is 70.3 Å². The number of hydrogen-bond donors (Lipinski definition) is 2. The Morgan fingerprint density at radius 3 is 2.60 bits per heavy atom. The van der Waals surface area contributed by atoms with Gasteiger partial charge >= 0.3 is 0 Å². The van der Waals surface area contributed by atoms with Crippen LogP contribution in [0.25, 0.3) is 0 Å². The molecule has 15 heavy (non-hydrogen) atoms. The van der Waals surface area contributed by atoms with Crippen LogP contribution in [-0.2, 0) is 0 Å². The molecule has 0 fully saturated rings. The number of hydrogen-bond acceptors (Lipinski definition) is 6. The maximum absolute atomic E-state index is 5.27. The van der Waals surface area contributed by atoms with Gasteiger partial charge in [0.05, 0.1) is 0 Å². The largest absolute Gasteiger partial charge is 0.358 e. The Morgan fingerprint density at radius 2 is 2.00 bits per heavy atom. The minimum atomic E-state index is 0.622. The summed E-state index contributed by atoms with van der Waals surface area (Å²) < 4.78 is 0. The summed E-state index contributed by atoms with van der Waals surface area (Å²) in [4.78, 5) is 12.3. The van der Waals surface area contributed by atoms with Gasteiger partial charge in [0.25, 0.3) is 0 Å². The lowest BCUT2D eigenvalue weighted by Gasteiger charge is -2.20. The maximum Gasteiger partial charge on any atom is 0.145 e. The van der Waals surface area contributed by atoms with Gasteiger partial charge in [-0.2, -0.15) is 0 Å². The Morgan fingerprint density at radius 1 is 1.27 bits per heavy atom. The van der Waals surface area contributed by atoms with Crippen molar-refractivity contribution in [3.8, 4) is 0 Å². The van der Waals surface area contributed by atoms with Gasteiger partial charge in [-0.05, 0) is 14.1 Å². The van der Waals surface area contributed by atoms with Crippen molar-refractivity contribution in [2.75, 3.05) is 44.6 Å². The molecule has 0 saturated heterocycles. The summed E-state index contributed by atoms with van der Waals surface area (Å²) in [5.41, 5.74) is 2.50. The Hall–Kier alpha value is -1.40. The van der Waals surface area contributed by atoms with Crippen molar-refractivity contribution >= 4 is 11.6 Å². The molecule has 0 aliphatic heterocycles. The van der Waals surface area contributed by atoms with Crippen LogP contribution in [0, 0.1) is 0 Å². The number of aromatic nitrogens is 2. The molecule has 0 radical (unpaired) electrons. The molecule has 0 aromatic carbocycles. The zero-order valence-electron chi connectivity index (χ0n) is 9.44. The molecular formula is C9H18N6. The second-order valence-corrected chi connectivity index (χ2v) is 3.63. The molecule has 0 aliphatic carbocycles. The number of rotatable bonds is 5. The van der Waals surface area contributed by atoms with E-state index in [1.165, 1.54) is 6.33 Å². The number of nitrogens with one attached hydrogen (secondary N) is 1. The molecule has 1 aromatic rings. The van der Waals surface area contributed by atoms with Gasteiger partial charge in [0.15, 0.2) is 0 Å². The van der Waals surface area contributed by atoms with E-state index in [0.717, 1.165) is 18.9 Å². The first-order valence-corrected chi connectivity index (χ1v) is 4.78. The van der Waals surface area contributed by atoms with E-state index in [-0.39, 0.29) is 0 Å². The van der Waals surface area contributed by atoms with E-state index in [1.807, 2.05) is 27.2 Å². The molecule has 0 atom stereocenters. The molecule has 0 aliphatic rings. The van der Waals surface area contributed by atoms with E-state index < -0.39 is 0 Å². The third-order valence-electron chi connectivity index (χ3n) is 2.07. The second kappa shape index (κ2) is 5.47. The van der Waals surface area contributed by atoms with E-state index in [4.69, 9.17) is 5.84 Å². The van der Waals surface area contributed by atoms with Crippen LogP contribution in [0.1, 0.15) is 0 Å². The molecule has 84 valence electrons. The number of nitrogens with zero attached hydrogens (tertiary/aromatic N) is 4. The zero-order chi connectivity index (χ0) is 11.3. The summed E-state index contributed by atoms with van der Waals surface area (Å²) in [6.45, 7) is 1.89. The molecule has 0 bridgehead atoms. The highest BCUT2D eigenvalue weighted by Crippen LogP contribution is 2.10. The highest BCUT2D eigenvalue weighted by Gasteiger charge is 2.03. The predicted molar refractivity (Wildman–Crippen MR) is 61.7 cm³/mol. The molecular weight excluding hydrogens is 192 g/mol. The molecule has 0 amide bonds. The van der Waals surface area contributed by atoms with Crippen LogP contribution < -0.4 is 16.2 Å². The molecule has 1 heterocycles. The van der Waals surface area contributed by atoms with Crippen LogP contribution in [0.15, 0.2) is 12.4 Å². The summed E-state index contributed by atoms with van der Waals surface area (Å²) in [7, 11) is 6.08. The van der Waals surface area contributed by atoms with Crippen LogP contribution in [0.3, 0.4) is 0 Å². The normalized spacial score (nSPS) is 10.5. The van der Waals surface area contributed by atoms with Crippen LogP contribution in [-0.4, -0.2) is 49.1 Å². The predicted octanol–water partition coefficient (Wildman–Crippen LogP) is -0.240. The van der Waals surface area contributed by atoms with Gasteiger partial charge in [0, 0.05) is 26.2 Å². The first-order valence-electron chi connectivity index (χ1n) is 4.78. The van der Waals surface area contributed by atoms with Gasteiger partial charge in [-0.25, -0.2) is 15.8 Å². The van der Waals surface area contributed by atoms with Gasteiger partial charge < -0.3 is 15.2 Å². The summed E-state index contributed by atoms with van der Waals surface area (Å²) in [6.07, 6.45) is 1.50. The van der Waals surface area contributed by atoms with E-state index in [0.29, 0.717) is 5.82 Å². The van der Waals surface area contributed by atoms with Crippen LogP contribution >= 0.6 is 0 Å². The lowest BCUT2D eigenvalue weighted by Crippen LogP contribution is -2.29. The highest BCUT2D eigenvalue weighted by molar-refractivity contribution is 5.47. The smallest absolute Gasteiger partial charge is 0.145 e. The lowest BCUT2D eigenvalue weighted by molar-refractivity contribution is 0.416. The Labute approximate surface area is 90.1 Å². The van der Waals surface area contributed by atoms with Crippen molar-refractivity contribution in [3.05, 3.63) is 12.4 Å². The van der Waals surface area contributed by atoms with Crippen molar-refractivity contribution in [1.82, 2.24) is 14.9 Å². The van der Waals surface area contributed by atoms with Gasteiger partial charge in [-0.15, -0.1) is 0 Å². The lowest BCUT2D eigenvalue weighted by atomic mass is 10.4. The maximum atomic E-state index is 5.27. The SMILES string of the molecule is CN(C)CCN(C)c1cc(NN)ncn1. The average molecular weight is 210 g/mol. The van der Waals surface area contributed by atoms with E-state index >= 15 is 0 Å². The summed E-state index contributed by atoms with van der Waals surface area (Å²) in [5, 5.41) is 0. The molecule has 6 heteroatoms. The molecule has 6 nitrogen and oxygen atoms in total. The van der Waals surface area contributed by atoms with Crippen LogP contribution in [0.5, 0.6) is 0 Å². The van der Waals surface area contributed by atoms with Crippen molar-refractivity contribution in [2.24, 2.45) is 5.84 Å². The monoisotopic (exact) mass is 210 g/mol. The fourth-order valence-electron chi connectivity index (χ4n) is 1.10. The fraction of sp³-hybridized carbons (Fsp3) is 0.556. The van der Waals surface area contributed by atoms with Gasteiger partial charge in [0.1, 0.15) is 18.0 Å². The molecule has 1 rings (SSSR count). The van der Waals surface area contributed by atoms with Gasteiger partial charge in [-0.3, -0.25) is 0 Å². The molecule has 0 unspecified atom stereocenters. The summed E-state index contributed by atoms with van der Waals surface area (Å²) in [6, 6.07) is 1.82. The standard InChI is InChI=1S/C9H18N6/c1-14(2)4-5-15(3)9-6-8(13-10)11-7-12-9/h6-7H,4-5,10H2,1-3H3,(H,11,12,13). The van der Waals surface area contributed by atoms with E-state index in [9.17, 15) is 0 Å². The van der Waals surface area contributed by atoms with Crippen LogP contribution in [0.4, 0.5) is 11.6 Å². The zero-order valence-corrected chi connectivity index (χ0v) is 9.44. The molecule has 0 saturated carbocycles. The van der Waals surface area contributed by atoms with Gasteiger partial charge in [-0.1, -0.05) is 0 Å².